The van der Waals surface area contributed by atoms with Crippen LogP contribution in [0.25, 0.3) is 4.85 Å². The minimum Gasteiger partial charge on any atom is -0.322 e. The number of hydrogen-bond acceptors (Lipinski definition) is 1. The zero-order valence-corrected chi connectivity index (χ0v) is 19.1. The number of nitrogens with zero attached hydrogens (tertiary/aromatic N) is 1. The summed E-state index contributed by atoms with van der Waals surface area (Å²) in [5, 5.41) is 3.20. The van der Waals surface area contributed by atoms with E-state index in [1.165, 1.54) is 31.3 Å². The van der Waals surface area contributed by atoms with Gasteiger partial charge in [0.05, 0.1) is 25.1 Å². The van der Waals surface area contributed by atoms with Crippen molar-refractivity contribution in [2.24, 2.45) is 0 Å². The van der Waals surface area contributed by atoms with Crippen LogP contribution in [0.5, 0.6) is 0 Å². The summed E-state index contributed by atoms with van der Waals surface area (Å²) in [5.74, 6) is 0.200. The van der Waals surface area contributed by atoms with Crippen LogP contribution in [0, 0.1) is 20.4 Å². The predicted octanol–water partition coefficient (Wildman–Crippen LogP) is 5.40. The van der Waals surface area contributed by atoms with Crippen molar-refractivity contribution in [1.82, 2.24) is 0 Å². The SMILES string of the molecule is [C-]#[N+]c1cc(C)c(NC(=O)C(CC)[P+]2(CC)CCCC2)c(C)c1.[Y]. The number of hydrogen-bond donors (Lipinski definition) is 1. The summed E-state index contributed by atoms with van der Waals surface area (Å²) in [6.45, 7) is 15.5. The van der Waals surface area contributed by atoms with Crippen molar-refractivity contribution < 1.29 is 37.5 Å². The Balaban J connectivity index is 0.00000288. The van der Waals surface area contributed by atoms with E-state index in [1.54, 1.807) is 0 Å². The van der Waals surface area contributed by atoms with E-state index in [0.29, 0.717) is 5.69 Å². The molecular weight excluding hydrogens is 392 g/mol. The van der Waals surface area contributed by atoms with Crippen LogP contribution >= 0.6 is 7.26 Å². The molecule has 0 aliphatic carbocycles. The largest absolute Gasteiger partial charge is 0.322 e. The first-order valence-electron chi connectivity index (χ1n) is 8.62. The molecule has 1 radical (unpaired) electrons. The Morgan fingerprint density at radius 2 is 1.79 bits per heavy atom. The molecule has 1 aliphatic heterocycles. The van der Waals surface area contributed by atoms with Gasteiger partial charge < -0.3 is 5.32 Å². The fraction of sp³-hybridized carbons (Fsp3) is 0.579. The molecule has 2 rings (SSSR count). The number of nitrogens with one attached hydrogen (secondary N) is 1. The van der Waals surface area contributed by atoms with Crippen LogP contribution < -0.4 is 5.32 Å². The minimum atomic E-state index is -1.14. The Hall–Kier alpha value is -0.286. The van der Waals surface area contributed by atoms with Gasteiger partial charge >= 0.3 is 0 Å². The zero-order valence-electron chi connectivity index (χ0n) is 15.4. The third kappa shape index (κ3) is 4.46. The van der Waals surface area contributed by atoms with Gasteiger partial charge in [-0.3, -0.25) is 4.79 Å². The zero-order chi connectivity index (χ0) is 17.0. The summed E-state index contributed by atoms with van der Waals surface area (Å²) in [4.78, 5) is 16.5. The van der Waals surface area contributed by atoms with Crippen LogP contribution in [0.2, 0.25) is 0 Å². The van der Waals surface area contributed by atoms with Gasteiger partial charge in [0.15, 0.2) is 5.69 Å². The van der Waals surface area contributed by atoms with Gasteiger partial charge in [-0.2, -0.15) is 0 Å². The molecule has 3 nitrogen and oxygen atoms in total. The molecular formula is C19H28N2OPY+. The first-order valence-corrected chi connectivity index (χ1v) is 11.0. The second kappa shape index (κ2) is 9.42. The monoisotopic (exact) mass is 420 g/mol. The second-order valence-electron chi connectivity index (χ2n) is 6.67. The molecule has 0 aromatic heterocycles. The Bertz CT molecular complexity index is 610. The van der Waals surface area contributed by atoms with Crippen LogP contribution in [-0.4, -0.2) is 30.1 Å². The average Bonchev–Trinajstić information content (AvgIpc) is 3.01. The van der Waals surface area contributed by atoms with Crippen molar-refractivity contribution >= 4 is 24.5 Å². The number of benzene rings is 1. The molecule has 127 valence electrons. The van der Waals surface area contributed by atoms with Crippen LogP contribution in [0.15, 0.2) is 12.1 Å². The Kier molecular flexibility index (Phi) is 8.54. The predicted molar refractivity (Wildman–Crippen MR) is 101 cm³/mol. The van der Waals surface area contributed by atoms with Gasteiger partial charge in [-0.05, 0) is 51.2 Å². The van der Waals surface area contributed by atoms with Crippen LogP contribution in [-0.2, 0) is 37.5 Å². The van der Waals surface area contributed by atoms with Gasteiger partial charge in [0, 0.05) is 45.7 Å². The molecule has 1 aromatic rings. The minimum absolute atomic E-state index is 0. The van der Waals surface area contributed by atoms with E-state index in [1.807, 2.05) is 26.0 Å². The molecule has 24 heavy (non-hydrogen) atoms. The topological polar surface area (TPSA) is 33.5 Å². The van der Waals surface area contributed by atoms with E-state index in [4.69, 9.17) is 6.57 Å². The van der Waals surface area contributed by atoms with Crippen LogP contribution in [0.3, 0.4) is 0 Å². The maximum absolute atomic E-state index is 13.0. The van der Waals surface area contributed by atoms with E-state index in [9.17, 15) is 4.79 Å². The van der Waals surface area contributed by atoms with Gasteiger partial charge in [-0.15, -0.1) is 0 Å². The van der Waals surface area contributed by atoms with Crippen molar-refractivity contribution in [3.63, 3.8) is 0 Å². The van der Waals surface area contributed by atoms with Gasteiger partial charge in [-0.25, -0.2) is 4.85 Å². The summed E-state index contributed by atoms with van der Waals surface area (Å²) in [5.41, 5.74) is 3.69. The number of anilines is 1. The molecule has 1 N–H and O–H groups in total. The number of amides is 1. The van der Waals surface area contributed by atoms with Crippen LogP contribution in [0.4, 0.5) is 11.4 Å². The van der Waals surface area contributed by atoms with Gasteiger partial charge in [0.2, 0.25) is 0 Å². The molecule has 1 amide bonds. The van der Waals surface area contributed by atoms with Crippen molar-refractivity contribution in [1.29, 1.82) is 0 Å². The van der Waals surface area contributed by atoms with E-state index >= 15 is 0 Å². The average molecular weight is 420 g/mol. The number of aryl methyl sites for hydroxylation is 2. The van der Waals surface area contributed by atoms with Gasteiger partial charge in [0.25, 0.3) is 5.91 Å². The van der Waals surface area contributed by atoms with Crippen molar-refractivity contribution in [3.05, 3.63) is 34.7 Å². The van der Waals surface area contributed by atoms with Crippen LogP contribution in [0.1, 0.15) is 44.2 Å². The molecule has 0 spiro atoms. The Labute approximate surface area is 172 Å². The summed E-state index contributed by atoms with van der Waals surface area (Å²) in [7, 11) is -1.14. The second-order valence-corrected chi connectivity index (χ2v) is 11.3. The Morgan fingerprint density at radius 1 is 1.25 bits per heavy atom. The maximum atomic E-state index is 13.0. The van der Waals surface area contributed by atoms with Gasteiger partial charge in [0.1, 0.15) is 5.66 Å². The quantitative estimate of drug-likeness (QED) is 0.502. The molecule has 1 unspecified atom stereocenters. The molecule has 0 bridgehead atoms. The Morgan fingerprint density at radius 3 is 2.21 bits per heavy atom. The molecule has 1 aliphatic rings. The van der Waals surface area contributed by atoms with Crippen molar-refractivity contribution in [2.75, 3.05) is 23.8 Å². The number of rotatable bonds is 5. The third-order valence-corrected chi connectivity index (χ3v) is 10.9. The normalized spacial score (nSPS) is 16.8. The van der Waals surface area contributed by atoms with E-state index in [2.05, 4.69) is 24.0 Å². The van der Waals surface area contributed by atoms with E-state index < -0.39 is 7.26 Å². The molecule has 1 heterocycles. The van der Waals surface area contributed by atoms with Crippen molar-refractivity contribution in [3.8, 4) is 0 Å². The molecule has 1 aromatic carbocycles. The standard InChI is InChI=1S/C19H27N2OP.Y/c1-6-17(23(7-2)10-8-9-11-23)19(22)21-18-14(3)12-16(20-5)13-15(18)4;/h12-13,17H,6-11H2,1-4H3;/p+1. The third-order valence-electron chi connectivity index (χ3n) is 5.33. The number of carbonyl (C=O) groups excluding carboxylic acids is 1. The van der Waals surface area contributed by atoms with Gasteiger partial charge in [-0.1, -0.05) is 19.1 Å². The maximum Gasteiger partial charge on any atom is 0.265 e. The molecule has 0 saturated carbocycles. The van der Waals surface area contributed by atoms with E-state index in [0.717, 1.165) is 23.2 Å². The molecule has 1 saturated heterocycles. The van der Waals surface area contributed by atoms with Crippen molar-refractivity contribution in [2.45, 2.75) is 52.6 Å². The summed E-state index contributed by atoms with van der Waals surface area (Å²) >= 11 is 0. The molecule has 1 atom stereocenters. The smallest absolute Gasteiger partial charge is 0.265 e. The summed E-state index contributed by atoms with van der Waals surface area (Å²) < 4.78 is 0. The summed E-state index contributed by atoms with van der Waals surface area (Å²) in [6, 6.07) is 3.72. The first kappa shape index (κ1) is 21.8. The summed E-state index contributed by atoms with van der Waals surface area (Å²) in [6.07, 6.45) is 7.28. The first-order chi connectivity index (χ1) is 11.0. The fourth-order valence-corrected chi connectivity index (χ4v) is 9.01. The fourth-order valence-electron chi connectivity index (χ4n) is 4.04. The number of carbonyl (C=O) groups is 1. The molecule has 5 heteroatoms. The van der Waals surface area contributed by atoms with E-state index in [-0.39, 0.29) is 44.3 Å². The molecule has 1 fully saturated rings.